The molecule has 0 N–H and O–H groups in total. The van der Waals surface area contributed by atoms with E-state index in [4.69, 9.17) is 0 Å². The second-order valence-electron chi connectivity index (χ2n) is 5.90. The van der Waals surface area contributed by atoms with Gasteiger partial charge in [0, 0.05) is 7.05 Å². The Morgan fingerprint density at radius 1 is 1.47 bits per heavy atom. The van der Waals surface area contributed by atoms with Gasteiger partial charge in [-0.2, -0.15) is 0 Å². The number of imidazole rings is 1. The first-order valence-corrected chi connectivity index (χ1v) is 5.54. The van der Waals surface area contributed by atoms with E-state index in [0.29, 0.717) is 16.7 Å². The Morgan fingerprint density at radius 2 is 2.00 bits per heavy atom. The van der Waals surface area contributed by atoms with Gasteiger partial charge in [0.1, 0.15) is 6.54 Å². The maximum Gasteiger partial charge on any atom is 0.390 e. The summed E-state index contributed by atoms with van der Waals surface area (Å²) < 4.78 is 2.39. The fraction of sp³-hybridized carbons (Fsp3) is 0.727. The zero-order chi connectivity index (χ0) is 13.4. The van der Waals surface area contributed by atoms with Crippen molar-refractivity contribution in [3.05, 3.63) is 22.1 Å². The van der Waals surface area contributed by atoms with Crippen molar-refractivity contribution in [2.45, 2.75) is 32.9 Å². The van der Waals surface area contributed by atoms with Crippen LogP contribution in [0, 0.1) is 10.1 Å². The highest BCUT2D eigenvalue weighted by Crippen LogP contribution is 2.26. The van der Waals surface area contributed by atoms with Crippen LogP contribution in [-0.4, -0.2) is 38.6 Å². The average molecular weight is 241 g/mol. The summed E-state index contributed by atoms with van der Waals surface area (Å²) in [7, 11) is 5.92. The minimum absolute atomic E-state index is 0.0120. The molecule has 1 rings (SSSR count). The number of quaternary nitrogens is 1. The molecule has 17 heavy (non-hydrogen) atoms. The Morgan fingerprint density at radius 3 is 2.41 bits per heavy atom. The van der Waals surface area contributed by atoms with E-state index >= 15 is 0 Å². The van der Waals surface area contributed by atoms with Crippen LogP contribution >= 0.6 is 0 Å². The van der Waals surface area contributed by atoms with E-state index < -0.39 is 4.92 Å². The van der Waals surface area contributed by atoms with Crippen molar-refractivity contribution in [1.82, 2.24) is 9.55 Å². The zero-order valence-electron chi connectivity index (χ0n) is 11.4. The fourth-order valence-corrected chi connectivity index (χ4v) is 1.39. The van der Waals surface area contributed by atoms with Crippen LogP contribution in [-0.2, 0) is 13.6 Å². The molecule has 0 aliphatic rings. The van der Waals surface area contributed by atoms with E-state index in [-0.39, 0.29) is 11.4 Å². The molecule has 0 fully saturated rings. The highest BCUT2D eigenvalue weighted by molar-refractivity contribution is 5.26. The van der Waals surface area contributed by atoms with E-state index in [2.05, 4.69) is 39.9 Å². The topological polar surface area (TPSA) is 61.0 Å². The summed E-state index contributed by atoms with van der Waals surface area (Å²) in [4.78, 5) is 14.3. The highest BCUT2D eigenvalue weighted by Gasteiger charge is 2.35. The van der Waals surface area contributed by atoms with Crippen LogP contribution in [0.3, 0.4) is 0 Å². The Balaban J connectivity index is 3.11. The highest BCUT2D eigenvalue weighted by atomic mass is 16.6. The molecule has 1 aromatic rings. The molecule has 0 aromatic carbocycles. The molecule has 0 saturated carbocycles. The van der Waals surface area contributed by atoms with Crippen molar-refractivity contribution in [3.8, 4) is 0 Å². The molecular formula is C11H21N4O2+. The predicted octanol–water partition coefficient (Wildman–Crippen LogP) is 1.70. The molecule has 0 saturated heterocycles. The molecule has 0 aliphatic carbocycles. The van der Waals surface area contributed by atoms with Crippen molar-refractivity contribution < 1.29 is 9.41 Å². The summed E-state index contributed by atoms with van der Waals surface area (Å²) in [5.74, 6) is -0.0389. The lowest BCUT2D eigenvalue weighted by atomic mass is 10.0. The van der Waals surface area contributed by atoms with Crippen LogP contribution in [0.4, 0.5) is 5.82 Å². The molecule has 6 nitrogen and oxygen atoms in total. The number of hydrogen-bond donors (Lipinski definition) is 0. The summed E-state index contributed by atoms with van der Waals surface area (Å²) in [6.07, 6.45) is 1.50. The lowest BCUT2D eigenvalue weighted by Gasteiger charge is -2.42. The third-order valence-electron chi connectivity index (χ3n) is 3.57. The largest absolute Gasteiger partial charge is 0.390 e. The fourth-order valence-electron chi connectivity index (χ4n) is 1.39. The molecular weight excluding hydrogens is 220 g/mol. The van der Waals surface area contributed by atoms with E-state index in [1.165, 1.54) is 6.33 Å². The molecule has 96 valence electrons. The number of nitrogens with zero attached hydrogens (tertiary/aromatic N) is 4. The molecule has 1 heterocycles. The van der Waals surface area contributed by atoms with Crippen LogP contribution in [0.2, 0.25) is 0 Å². The molecule has 0 unspecified atom stereocenters. The van der Waals surface area contributed by atoms with Gasteiger partial charge < -0.3 is 19.2 Å². The van der Waals surface area contributed by atoms with Gasteiger partial charge in [-0.05, 0) is 30.7 Å². The van der Waals surface area contributed by atoms with E-state index in [1.54, 1.807) is 11.6 Å². The van der Waals surface area contributed by atoms with Gasteiger partial charge in [0.05, 0.1) is 19.6 Å². The molecule has 0 atom stereocenters. The first-order chi connectivity index (χ1) is 7.56. The van der Waals surface area contributed by atoms with Crippen molar-refractivity contribution in [2.24, 2.45) is 7.05 Å². The summed E-state index contributed by atoms with van der Waals surface area (Å²) in [5.41, 5.74) is 0.674. The van der Waals surface area contributed by atoms with Crippen molar-refractivity contribution >= 4 is 5.82 Å². The van der Waals surface area contributed by atoms with E-state index in [1.807, 2.05) is 0 Å². The molecule has 0 bridgehead atoms. The second kappa shape index (κ2) is 4.10. The number of aryl methyl sites for hydroxylation is 1. The molecule has 6 heteroatoms. The lowest BCUT2D eigenvalue weighted by Crippen LogP contribution is -2.53. The minimum Gasteiger partial charge on any atom is -0.358 e. The van der Waals surface area contributed by atoms with Gasteiger partial charge in [0.2, 0.25) is 6.33 Å². The maximum absolute atomic E-state index is 10.9. The minimum atomic E-state index is -0.419. The Hall–Kier alpha value is -1.43. The molecule has 0 radical (unpaired) electrons. The van der Waals surface area contributed by atoms with Gasteiger partial charge in [-0.15, -0.1) is 0 Å². The number of aromatic nitrogens is 2. The van der Waals surface area contributed by atoms with Crippen LogP contribution in [0.5, 0.6) is 0 Å². The summed E-state index contributed by atoms with van der Waals surface area (Å²) in [6.45, 7) is 6.94. The third kappa shape index (κ3) is 2.63. The monoisotopic (exact) mass is 241 g/mol. The zero-order valence-corrected chi connectivity index (χ0v) is 11.4. The Kier molecular flexibility index (Phi) is 3.29. The SMILES string of the molecule is Cn1cnc([N+](=O)[O-])c1C[N+](C)(C)C(C)(C)C. The van der Waals surface area contributed by atoms with Crippen LogP contribution < -0.4 is 0 Å². The number of rotatable bonds is 3. The number of hydrogen-bond acceptors (Lipinski definition) is 3. The van der Waals surface area contributed by atoms with Gasteiger partial charge in [0.15, 0.2) is 5.69 Å². The van der Waals surface area contributed by atoms with Gasteiger partial charge in [0.25, 0.3) is 0 Å². The normalized spacial score (nSPS) is 12.8. The Labute approximate surface area is 102 Å². The standard InChI is InChI=1S/C11H21N4O2/c1-11(2,3)15(5,6)7-9-10(14(16)17)12-8-13(9)4/h8H,7H2,1-6H3/q+1. The molecule has 0 aliphatic heterocycles. The van der Waals surface area contributed by atoms with Crippen molar-refractivity contribution in [3.63, 3.8) is 0 Å². The second-order valence-corrected chi connectivity index (χ2v) is 5.90. The number of nitro groups is 1. The van der Waals surface area contributed by atoms with Gasteiger partial charge >= 0.3 is 5.82 Å². The third-order valence-corrected chi connectivity index (χ3v) is 3.57. The van der Waals surface area contributed by atoms with Crippen molar-refractivity contribution in [1.29, 1.82) is 0 Å². The van der Waals surface area contributed by atoms with Gasteiger partial charge in [-0.25, -0.2) is 0 Å². The Bertz CT molecular complexity index is 429. The molecule has 0 spiro atoms. The van der Waals surface area contributed by atoms with Crippen molar-refractivity contribution in [2.75, 3.05) is 14.1 Å². The van der Waals surface area contributed by atoms with Crippen LogP contribution in [0.25, 0.3) is 0 Å². The summed E-state index contributed by atoms with van der Waals surface area (Å²) in [5, 5.41) is 10.9. The summed E-state index contributed by atoms with van der Waals surface area (Å²) in [6, 6.07) is 0. The average Bonchev–Trinajstić information content (AvgIpc) is 2.45. The van der Waals surface area contributed by atoms with E-state index in [9.17, 15) is 10.1 Å². The first kappa shape index (κ1) is 13.6. The quantitative estimate of drug-likeness (QED) is 0.460. The first-order valence-electron chi connectivity index (χ1n) is 5.54. The van der Waals surface area contributed by atoms with Gasteiger partial charge in [-0.3, -0.25) is 0 Å². The van der Waals surface area contributed by atoms with E-state index in [0.717, 1.165) is 0 Å². The maximum atomic E-state index is 10.9. The predicted molar refractivity (Wildman–Crippen MR) is 65.4 cm³/mol. The van der Waals surface area contributed by atoms with Crippen LogP contribution in [0.1, 0.15) is 26.5 Å². The molecule has 1 aromatic heterocycles. The van der Waals surface area contributed by atoms with Gasteiger partial charge in [-0.1, -0.05) is 0 Å². The molecule has 0 amide bonds. The smallest absolute Gasteiger partial charge is 0.358 e. The lowest BCUT2D eigenvalue weighted by molar-refractivity contribution is -0.948. The summed E-state index contributed by atoms with van der Waals surface area (Å²) >= 11 is 0. The van der Waals surface area contributed by atoms with Crippen LogP contribution in [0.15, 0.2) is 6.33 Å².